The summed E-state index contributed by atoms with van der Waals surface area (Å²) in [7, 11) is 4.02. The molecule has 0 bridgehead atoms. The highest BCUT2D eigenvalue weighted by Gasteiger charge is 2.27. The van der Waals surface area contributed by atoms with Crippen LogP contribution in [0.2, 0.25) is 0 Å². The number of nitrogens with one attached hydrogen (secondary N) is 1. The van der Waals surface area contributed by atoms with Gasteiger partial charge >= 0.3 is 0 Å². The lowest BCUT2D eigenvalue weighted by molar-refractivity contribution is 0.0604. The monoisotopic (exact) mass is 516 g/mol. The molecule has 1 unspecified atom stereocenters. The second-order valence-corrected chi connectivity index (χ2v) is 9.64. The summed E-state index contributed by atoms with van der Waals surface area (Å²) in [4.78, 5) is 24.3. The van der Waals surface area contributed by atoms with E-state index in [0.29, 0.717) is 29.3 Å². The molecule has 5 aromatic rings. The predicted molar refractivity (Wildman–Crippen MR) is 154 cm³/mol. The number of nitrogens with zero attached hydrogens (tertiary/aromatic N) is 3. The molecule has 1 atom stereocenters. The Labute approximate surface area is 226 Å². The number of benzene rings is 3. The van der Waals surface area contributed by atoms with Crippen molar-refractivity contribution < 1.29 is 14.3 Å². The van der Waals surface area contributed by atoms with E-state index in [2.05, 4.69) is 32.3 Å². The number of hydrogen-bond acceptors (Lipinski definition) is 6. The van der Waals surface area contributed by atoms with Crippen molar-refractivity contribution in [2.24, 2.45) is 0 Å². The number of ether oxygens (including phenoxy) is 2. The summed E-state index contributed by atoms with van der Waals surface area (Å²) < 4.78 is 12.7. The lowest BCUT2D eigenvalue weighted by Gasteiger charge is -2.29. The molecule has 7 heteroatoms. The number of aromatic nitrogens is 2. The number of pyridine rings is 2. The minimum absolute atomic E-state index is 0.273. The van der Waals surface area contributed by atoms with Crippen LogP contribution in [-0.4, -0.2) is 49.2 Å². The zero-order valence-electron chi connectivity index (χ0n) is 21.8. The van der Waals surface area contributed by atoms with E-state index in [1.807, 2.05) is 86.9 Å². The number of rotatable bonds is 6. The molecule has 0 fully saturated rings. The first-order valence-electron chi connectivity index (χ1n) is 12.9. The van der Waals surface area contributed by atoms with Crippen molar-refractivity contribution in [3.63, 3.8) is 0 Å². The van der Waals surface area contributed by atoms with Crippen LogP contribution in [0.1, 0.15) is 21.6 Å². The topological polar surface area (TPSA) is 76.6 Å². The maximum Gasteiger partial charge on any atom is 0.270 e. The van der Waals surface area contributed by atoms with Crippen molar-refractivity contribution in [2.45, 2.75) is 6.10 Å². The second-order valence-electron chi connectivity index (χ2n) is 9.64. The smallest absolute Gasteiger partial charge is 0.270 e. The van der Waals surface area contributed by atoms with Gasteiger partial charge in [-0.2, -0.15) is 0 Å². The van der Waals surface area contributed by atoms with Gasteiger partial charge in [0, 0.05) is 47.9 Å². The van der Waals surface area contributed by atoms with Crippen LogP contribution in [0.4, 0.5) is 5.69 Å². The summed E-state index contributed by atoms with van der Waals surface area (Å²) in [6.45, 7) is 0.580. The largest absolute Gasteiger partial charge is 0.485 e. The van der Waals surface area contributed by atoms with Gasteiger partial charge in [-0.05, 0) is 36.4 Å². The van der Waals surface area contributed by atoms with Crippen LogP contribution in [0.5, 0.6) is 0 Å². The molecular weight excluding hydrogens is 488 g/mol. The van der Waals surface area contributed by atoms with Crippen LogP contribution in [0.3, 0.4) is 0 Å². The summed E-state index contributed by atoms with van der Waals surface area (Å²) in [5, 5.41) is 4.89. The Bertz CT molecular complexity index is 1680. The Balaban J connectivity index is 1.22. The van der Waals surface area contributed by atoms with E-state index in [0.717, 1.165) is 33.1 Å². The van der Waals surface area contributed by atoms with Crippen molar-refractivity contribution in [1.82, 2.24) is 15.3 Å². The SMILES string of the molecule is CN(C)c1ccc(C2=C(c3ccccc3)OC(CNC(=O)c3ccc4ccc5cccnc5c4n3)CO2)cc1. The van der Waals surface area contributed by atoms with E-state index in [1.54, 1.807) is 12.3 Å². The Kier molecular flexibility index (Phi) is 6.55. The summed E-state index contributed by atoms with van der Waals surface area (Å²) in [5.41, 5.74) is 4.76. The van der Waals surface area contributed by atoms with E-state index < -0.39 is 0 Å². The minimum Gasteiger partial charge on any atom is -0.485 e. The van der Waals surface area contributed by atoms with E-state index in [4.69, 9.17) is 9.47 Å². The molecule has 3 aromatic carbocycles. The first kappa shape index (κ1) is 24.4. The molecule has 0 aliphatic carbocycles. The number of anilines is 1. The van der Waals surface area contributed by atoms with Crippen molar-refractivity contribution in [1.29, 1.82) is 0 Å². The van der Waals surface area contributed by atoms with Gasteiger partial charge in [-0.25, -0.2) is 4.98 Å². The Morgan fingerprint density at radius 1 is 0.846 bits per heavy atom. The molecule has 0 spiro atoms. The highest BCUT2D eigenvalue weighted by molar-refractivity contribution is 6.04. The molecule has 3 heterocycles. The Morgan fingerprint density at radius 3 is 2.33 bits per heavy atom. The van der Waals surface area contributed by atoms with Gasteiger partial charge in [0.2, 0.25) is 0 Å². The fourth-order valence-corrected chi connectivity index (χ4v) is 4.66. The van der Waals surface area contributed by atoms with Crippen LogP contribution in [0.25, 0.3) is 33.3 Å². The van der Waals surface area contributed by atoms with Crippen LogP contribution in [-0.2, 0) is 9.47 Å². The van der Waals surface area contributed by atoms with Gasteiger partial charge in [0.1, 0.15) is 18.4 Å². The third kappa shape index (κ3) is 4.99. The first-order valence-corrected chi connectivity index (χ1v) is 12.9. The third-order valence-corrected chi connectivity index (χ3v) is 6.74. The van der Waals surface area contributed by atoms with Crippen LogP contribution in [0, 0.1) is 0 Å². The number of carbonyl (C=O) groups excluding carboxylic acids is 1. The maximum absolute atomic E-state index is 13.1. The standard InChI is InChI=1S/C32H28N4O3/c1-36(2)25-15-12-24(13-16-25)30-31(23-7-4-3-5-8-23)39-26(20-38-30)19-34-32(37)27-17-14-22-11-10-21-9-6-18-33-28(21)29(22)35-27/h3-18,26H,19-20H2,1-2H3,(H,34,37). The zero-order valence-corrected chi connectivity index (χ0v) is 21.8. The molecule has 2 aromatic heterocycles. The van der Waals surface area contributed by atoms with E-state index in [9.17, 15) is 4.79 Å². The van der Waals surface area contributed by atoms with Gasteiger partial charge in [-0.3, -0.25) is 9.78 Å². The Hall–Kier alpha value is -4.91. The summed E-state index contributed by atoms with van der Waals surface area (Å²) in [6.07, 6.45) is 1.37. The van der Waals surface area contributed by atoms with Gasteiger partial charge in [-0.1, -0.05) is 54.6 Å². The normalized spacial score (nSPS) is 15.1. The molecule has 0 radical (unpaired) electrons. The summed E-state index contributed by atoms with van der Waals surface area (Å²) >= 11 is 0. The molecule has 1 amide bonds. The summed E-state index contributed by atoms with van der Waals surface area (Å²) in [5.74, 6) is 1.06. The predicted octanol–water partition coefficient (Wildman–Crippen LogP) is 5.52. The lowest BCUT2D eigenvalue weighted by atomic mass is 10.1. The van der Waals surface area contributed by atoms with Crippen LogP contribution < -0.4 is 10.2 Å². The molecule has 7 nitrogen and oxygen atoms in total. The summed E-state index contributed by atoms with van der Waals surface area (Å²) in [6, 6.07) is 29.5. The van der Waals surface area contributed by atoms with E-state index in [1.165, 1.54) is 0 Å². The van der Waals surface area contributed by atoms with E-state index >= 15 is 0 Å². The second kappa shape index (κ2) is 10.5. The van der Waals surface area contributed by atoms with Gasteiger partial charge < -0.3 is 19.7 Å². The first-order chi connectivity index (χ1) is 19.1. The fourth-order valence-electron chi connectivity index (χ4n) is 4.66. The zero-order chi connectivity index (χ0) is 26.8. The van der Waals surface area contributed by atoms with Crippen LogP contribution in [0.15, 0.2) is 97.2 Å². The van der Waals surface area contributed by atoms with Gasteiger partial charge in [-0.15, -0.1) is 0 Å². The minimum atomic E-state index is -0.364. The lowest BCUT2D eigenvalue weighted by Crippen LogP contribution is -2.38. The molecular formula is C32H28N4O3. The number of amides is 1. The van der Waals surface area contributed by atoms with Crippen molar-refractivity contribution in [3.8, 4) is 0 Å². The molecule has 1 N–H and O–H groups in total. The molecule has 1 aliphatic heterocycles. The fraction of sp³-hybridized carbons (Fsp3) is 0.156. The average Bonchev–Trinajstić information content (AvgIpc) is 3.00. The van der Waals surface area contributed by atoms with Crippen molar-refractivity contribution in [3.05, 3.63) is 114 Å². The van der Waals surface area contributed by atoms with Crippen molar-refractivity contribution >= 4 is 44.9 Å². The van der Waals surface area contributed by atoms with Gasteiger partial charge in [0.25, 0.3) is 5.91 Å². The third-order valence-electron chi connectivity index (χ3n) is 6.74. The highest BCUT2D eigenvalue weighted by Crippen LogP contribution is 2.34. The highest BCUT2D eigenvalue weighted by atomic mass is 16.6. The molecule has 39 heavy (non-hydrogen) atoms. The molecule has 1 aliphatic rings. The van der Waals surface area contributed by atoms with E-state index in [-0.39, 0.29) is 18.6 Å². The van der Waals surface area contributed by atoms with Gasteiger partial charge in [0.05, 0.1) is 17.6 Å². The molecule has 6 rings (SSSR count). The van der Waals surface area contributed by atoms with Crippen LogP contribution >= 0.6 is 0 Å². The maximum atomic E-state index is 13.1. The van der Waals surface area contributed by atoms with Crippen molar-refractivity contribution in [2.75, 3.05) is 32.1 Å². The van der Waals surface area contributed by atoms with Gasteiger partial charge in [0.15, 0.2) is 11.5 Å². The number of fused-ring (bicyclic) bond motifs is 3. The number of hydrogen-bond donors (Lipinski definition) is 1. The quantitative estimate of drug-likeness (QED) is 0.300. The average molecular weight is 517 g/mol. The molecule has 0 saturated heterocycles. The molecule has 194 valence electrons. The number of carbonyl (C=O) groups is 1. The Morgan fingerprint density at radius 2 is 1.56 bits per heavy atom. The molecule has 0 saturated carbocycles.